The molecule has 1 unspecified atom stereocenters. The van der Waals surface area contributed by atoms with E-state index >= 15 is 0 Å². The van der Waals surface area contributed by atoms with E-state index in [1.807, 2.05) is 30.3 Å². The molecule has 2 heterocycles. The summed E-state index contributed by atoms with van der Waals surface area (Å²) in [6.07, 6.45) is 1.88. The van der Waals surface area contributed by atoms with Gasteiger partial charge in [-0.05, 0) is 52.6 Å². The van der Waals surface area contributed by atoms with E-state index < -0.39 is 5.92 Å². The van der Waals surface area contributed by atoms with Gasteiger partial charge in [0.2, 0.25) is 5.88 Å². The van der Waals surface area contributed by atoms with Crippen LogP contribution in [0.25, 0.3) is 6.08 Å². The molecule has 0 fully saturated rings. The normalized spacial score (nSPS) is 19.3. The van der Waals surface area contributed by atoms with Crippen molar-refractivity contribution >= 4 is 6.08 Å². The molecular weight excluding hydrogens is 444 g/mol. The number of nitrogens with two attached hydrogens (primary N) is 1. The maximum absolute atomic E-state index is 14.2. The average molecular weight is 468 g/mol. The van der Waals surface area contributed by atoms with Gasteiger partial charge in [0, 0.05) is 25.2 Å². The Bertz CT molecular complexity index is 1400. The van der Waals surface area contributed by atoms with E-state index in [1.165, 1.54) is 24.3 Å². The lowest BCUT2D eigenvalue weighted by Gasteiger charge is -2.38. The Hall–Kier alpha value is -4.21. The molecule has 0 amide bonds. The number of nitriles is 1. The first-order chi connectivity index (χ1) is 17.0. The molecule has 35 heavy (non-hydrogen) atoms. The number of benzene rings is 3. The number of allylic oxidation sites excluding steroid dienone is 1. The number of hydrogen-bond acceptors (Lipinski definition) is 4. The molecule has 0 spiro atoms. The zero-order valence-electron chi connectivity index (χ0n) is 18.9. The Morgan fingerprint density at radius 3 is 2.43 bits per heavy atom. The van der Waals surface area contributed by atoms with Gasteiger partial charge in [0.05, 0.1) is 5.92 Å². The highest BCUT2D eigenvalue weighted by molar-refractivity contribution is 5.63. The summed E-state index contributed by atoms with van der Waals surface area (Å²) < 4.78 is 34.1. The van der Waals surface area contributed by atoms with Crippen LogP contribution >= 0.6 is 0 Å². The van der Waals surface area contributed by atoms with Gasteiger partial charge in [0.15, 0.2) is 0 Å². The molecule has 0 saturated carbocycles. The molecule has 2 aliphatic rings. The van der Waals surface area contributed by atoms with Crippen molar-refractivity contribution in [1.29, 1.82) is 5.26 Å². The predicted molar refractivity (Wildman–Crippen MR) is 130 cm³/mol. The first-order valence-electron chi connectivity index (χ1n) is 11.3. The maximum atomic E-state index is 14.2. The fourth-order valence-electron chi connectivity index (χ4n) is 4.76. The molecule has 6 heteroatoms. The van der Waals surface area contributed by atoms with Crippen molar-refractivity contribution in [2.24, 2.45) is 5.73 Å². The summed E-state index contributed by atoms with van der Waals surface area (Å²) in [6, 6.07) is 24.8. The zero-order chi connectivity index (χ0) is 24.4. The second kappa shape index (κ2) is 9.57. The van der Waals surface area contributed by atoms with Crippen LogP contribution in [0.5, 0.6) is 0 Å². The minimum absolute atomic E-state index is 0.00200. The van der Waals surface area contributed by atoms with Crippen LogP contribution in [0.1, 0.15) is 22.6 Å². The lowest BCUT2D eigenvalue weighted by molar-refractivity contribution is 0.230. The van der Waals surface area contributed by atoms with Crippen molar-refractivity contribution in [3.8, 4) is 6.07 Å². The Labute approximate surface area is 202 Å². The largest absolute Gasteiger partial charge is 0.440 e. The van der Waals surface area contributed by atoms with E-state index in [2.05, 4.69) is 23.1 Å². The number of halogens is 2. The average Bonchev–Trinajstić information content (AvgIpc) is 2.84. The van der Waals surface area contributed by atoms with E-state index in [-0.39, 0.29) is 23.1 Å². The number of nitrogens with zero attached hydrogens (tertiary/aromatic N) is 2. The maximum Gasteiger partial charge on any atom is 0.205 e. The topological polar surface area (TPSA) is 62.3 Å². The molecule has 4 nitrogen and oxygen atoms in total. The SMILES string of the molecule is N#CC1=C(N)OC2=C(CN(Cc3ccccc3)C/C2=C\c2cccc(F)c2)C1c1cccc(F)c1. The van der Waals surface area contributed by atoms with Gasteiger partial charge in [-0.25, -0.2) is 8.78 Å². The molecule has 0 aromatic heterocycles. The van der Waals surface area contributed by atoms with Crippen molar-refractivity contribution in [3.63, 3.8) is 0 Å². The fraction of sp³-hybridized carbons (Fsp3) is 0.138. The highest BCUT2D eigenvalue weighted by atomic mass is 19.1. The molecular formula is C29H23F2N3O. The summed E-state index contributed by atoms with van der Waals surface area (Å²) >= 11 is 0. The van der Waals surface area contributed by atoms with Gasteiger partial charge in [0.25, 0.3) is 0 Å². The molecule has 0 saturated heterocycles. The molecule has 1 atom stereocenters. The Morgan fingerprint density at radius 2 is 1.71 bits per heavy atom. The lowest BCUT2D eigenvalue weighted by Crippen LogP contribution is -2.37. The molecule has 2 aliphatic heterocycles. The summed E-state index contributed by atoms with van der Waals surface area (Å²) in [5.74, 6) is -0.709. The Balaban J connectivity index is 1.64. The number of rotatable bonds is 4. The van der Waals surface area contributed by atoms with Crippen LogP contribution in [0.2, 0.25) is 0 Å². The van der Waals surface area contributed by atoms with Gasteiger partial charge in [-0.2, -0.15) is 5.26 Å². The van der Waals surface area contributed by atoms with Crippen LogP contribution in [0.3, 0.4) is 0 Å². The van der Waals surface area contributed by atoms with Gasteiger partial charge in [0.1, 0.15) is 29.0 Å². The highest BCUT2D eigenvalue weighted by Crippen LogP contribution is 2.44. The number of hydrogen-bond donors (Lipinski definition) is 1. The van der Waals surface area contributed by atoms with Crippen LogP contribution in [0.4, 0.5) is 8.78 Å². The fourth-order valence-corrected chi connectivity index (χ4v) is 4.76. The standard InChI is InChI=1S/C29H23F2N3O/c30-23-10-4-8-20(13-23)12-22-17-34(16-19-6-2-1-3-7-19)18-26-27(21-9-5-11-24(31)14-21)25(15-32)29(33)35-28(22)26/h1-14,27H,16-18,33H2/b22-12+. The van der Waals surface area contributed by atoms with Gasteiger partial charge in [-0.1, -0.05) is 54.6 Å². The third-order valence-electron chi connectivity index (χ3n) is 6.23. The van der Waals surface area contributed by atoms with Gasteiger partial charge in [-0.15, -0.1) is 0 Å². The van der Waals surface area contributed by atoms with Crippen LogP contribution < -0.4 is 5.73 Å². The molecule has 3 aromatic rings. The number of ether oxygens (including phenoxy) is 1. The zero-order valence-corrected chi connectivity index (χ0v) is 18.9. The molecule has 0 radical (unpaired) electrons. The van der Waals surface area contributed by atoms with Crippen LogP contribution in [-0.4, -0.2) is 18.0 Å². The molecule has 2 N–H and O–H groups in total. The first-order valence-corrected chi connectivity index (χ1v) is 11.3. The summed E-state index contributed by atoms with van der Waals surface area (Å²) in [7, 11) is 0. The molecule has 3 aromatic carbocycles. The van der Waals surface area contributed by atoms with Gasteiger partial charge < -0.3 is 10.5 Å². The van der Waals surface area contributed by atoms with Gasteiger partial charge in [-0.3, -0.25) is 4.90 Å². The predicted octanol–water partition coefficient (Wildman–Crippen LogP) is 5.63. The highest BCUT2D eigenvalue weighted by Gasteiger charge is 2.37. The summed E-state index contributed by atoms with van der Waals surface area (Å²) in [6.45, 7) is 1.70. The lowest BCUT2D eigenvalue weighted by atomic mass is 9.80. The second-order valence-electron chi connectivity index (χ2n) is 8.69. The van der Waals surface area contributed by atoms with Crippen molar-refractivity contribution in [1.82, 2.24) is 4.90 Å². The molecule has 5 rings (SSSR count). The van der Waals surface area contributed by atoms with Crippen molar-refractivity contribution in [2.45, 2.75) is 12.5 Å². The minimum Gasteiger partial charge on any atom is -0.440 e. The van der Waals surface area contributed by atoms with E-state index in [0.717, 1.165) is 16.7 Å². The second-order valence-corrected chi connectivity index (χ2v) is 8.69. The first kappa shape index (κ1) is 22.6. The molecule has 0 aliphatic carbocycles. The third-order valence-corrected chi connectivity index (χ3v) is 6.23. The van der Waals surface area contributed by atoms with Crippen molar-refractivity contribution in [3.05, 3.63) is 136 Å². The monoisotopic (exact) mass is 467 g/mol. The van der Waals surface area contributed by atoms with Crippen LogP contribution in [-0.2, 0) is 11.3 Å². The molecule has 174 valence electrons. The third kappa shape index (κ3) is 4.72. The van der Waals surface area contributed by atoms with Gasteiger partial charge >= 0.3 is 0 Å². The quantitative estimate of drug-likeness (QED) is 0.541. The smallest absolute Gasteiger partial charge is 0.205 e. The van der Waals surface area contributed by atoms with Crippen molar-refractivity contribution in [2.75, 3.05) is 13.1 Å². The summed E-state index contributed by atoms with van der Waals surface area (Å²) in [5.41, 5.74) is 10.6. The molecule has 0 bridgehead atoms. The van der Waals surface area contributed by atoms with Crippen molar-refractivity contribution < 1.29 is 13.5 Å². The van der Waals surface area contributed by atoms with Crippen LogP contribution in [0, 0.1) is 23.0 Å². The Kier molecular flexibility index (Phi) is 6.17. The van der Waals surface area contributed by atoms with E-state index in [1.54, 1.807) is 18.2 Å². The summed E-state index contributed by atoms with van der Waals surface area (Å²) in [4.78, 5) is 2.23. The minimum atomic E-state index is -0.547. The summed E-state index contributed by atoms with van der Waals surface area (Å²) in [5, 5.41) is 9.93. The van der Waals surface area contributed by atoms with E-state index in [4.69, 9.17) is 10.5 Å². The van der Waals surface area contributed by atoms with Crippen LogP contribution in [0.15, 0.2) is 107 Å². The van der Waals surface area contributed by atoms with E-state index in [0.29, 0.717) is 36.5 Å². The Morgan fingerprint density at radius 1 is 0.971 bits per heavy atom. The van der Waals surface area contributed by atoms with E-state index in [9.17, 15) is 14.0 Å².